The van der Waals surface area contributed by atoms with Gasteiger partial charge < -0.3 is 14.7 Å². The SMILES string of the molecule is C=CC(=O)N1CC(C)N2c3nc(=O)n(-c4c(C)ccnc4C(C)C)c4nc(-c5c(C)ccc6[nH]ncc56)c(F)c(c34)N(C)CCC2C1. The maximum Gasteiger partial charge on any atom is 0.355 e. The molecule has 1 fully saturated rings. The molecule has 2 unspecified atom stereocenters. The zero-order valence-electron chi connectivity index (χ0n) is 27.5. The number of piperazine rings is 1. The lowest BCUT2D eigenvalue weighted by atomic mass is 9.97. The highest BCUT2D eigenvalue weighted by Crippen LogP contribution is 2.44. The second-order valence-electron chi connectivity index (χ2n) is 13.0. The minimum atomic E-state index is -0.529. The highest BCUT2D eigenvalue weighted by atomic mass is 19.1. The number of benzene rings is 1. The van der Waals surface area contributed by atoms with Crippen molar-refractivity contribution in [2.45, 2.75) is 59.0 Å². The Hall–Kier alpha value is -5.13. The molecule has 0 saturated carbocycles. The fourth-order valence-corrected chi connectivity index (χ4v) is 7.39. The Morgan fingerprint density at radius 1 is 1.13 bits per heavy atom. The number of aromatic amines is 1. The molecule has 242 valence electrons. The average Bonchev–Trinajstić information content (AvgIpc) is 3.51. The number of fused-ring (bicyclic) bond motifs is 3. The van der Waals surface area contributed by atoms with Crippen molar-refractivity contribution in [3.8, 4) is 16.9 Å². The molecule has 1 aromatic carbocycles. The maximum atomic E-state index is 17.4. The van der Waals surface area contributed by atoms with E-state index in [4.69, 9.17) is 9.97 Å². The van der Waals surface area contributed by atoms with Crippen LogP contribution in [0.3, 0.4) is 0 Å². The number of nitrogens with one attached hydrogen (secondary N) is 1. The third-order valence-corrected chi connectivity index (χ3v) is 9.61. The molecular weight excluding hydrogens is 597 g/mol. The van der Waals surface area contributed by atoms with Crippen molar-refractivity contribution >= 4 is 39.3 Å². The van der Waals surface area contributed by atoms with Gasteiger partial charge in [0.2, 0.25) is 5.91 Å². The molecule has 1 amide bonds. The molecule has 1 saturated heterocycles. The van der Waals surface area contributed by atoms with Crippen molar-refractivity contribution in [2.24, 2.45) is 0 Å². The molecule has 7 rings (SSSR count). The molecule has 0 spiro atoms. The predicted octanol–water partition coefficient (Wildman–Crippen LogP) is 5.03. The molecule has 2 aliphatic heterocycles. The molecule has 12 heteroatoms. The summed E-state index contributed by atoms with van der Waals surface area (Å²) in [6, 6.07) is 5.31. The van der Waals surface area contributed by atoms with Gasteiger partial charge in [0.05, 0.1) is 40.2 Å². The van der Waals surface area contributed by atoms with E-state index in [0.717, 1.165) is 22.0 Å². The van der Waals surface area contributed by atoms with Gasteiger partial charge in [-0.3, -0.25) is 14.9 Å². The number of anilines is 2. The molecule has 11 nitrogen and oxygen atoms in total. The largest absolute Gasteiger partial charge is 0.371 e. The van der Waals surface area contributed by atoms with Crippen molar-refractivity contribution in [3.05, 3.63) is 76.4 Å². The van der Waals surface area contributed by atoms with Crippen LogP contribution >= 0.6 is 0 Å². The van der Waals surface area contributed by atoms with Gasteiger partial charge in [0, 0.05) is 49.9 Å². The second-order valence-corrected chi connectivity index (χ2v) is 13.0. The summed E-state index contributed by atoms with van der Waals surface area (Å²) in [5.41, 5.74) is 4.55. The van der Waals surface area contributed by atoms with Crippen molar-refractivity contribution < 1.29 is 9.18 Å². The van der Waals surface area contributed by atoms with E-state index in [1.54, 1.807) is 17.3 Å². The van der Waals surface area contributed by atoms with Crippen LogP contribution < -0.4 is 15.5 Å². The molecule has 4 aromatic heterocycles. The molecule has 2 aliphatic rings. The van der Waals surface area contributed by atoms with Crippen molar-refractivity contribution in [1.29, 1.82) is 0 Å². The van der Waals surface area contributed by atoms with E-state index in [9.17, 15) is 9.59 Å². The molecule has 5 aromatic rings. The van der Waals surface area contributed by atoms with E-state index < -0.39 is 11.5 Å². The molecule has 47 heavy (non-hydrogen) atoms. The summed E-state index contributed by atoms with van der Waals surface area (Å²) in [6.45, 7) is 14.9. The van der Waals surface area contributed by atoms with E-state index in [1.165, 1.54) is 10.6 Å². The normalized spacial score (nSPS) is 18.1. The predicted molar refractivity (Wildman–Crippen MR) is 182 cm³/mol. The van der Waals surface area contributed by atoms with E-state index >= 15 is 4.39 Å². The summed E-state index contributed by atoms with van der Waals surface area (Å²) in [5.74, 6) is -0.289. The van der Waals surface area contributed by atoms with Gasteiger partial charge in [0.1, 0.15) is 11.5 Å². The number of nitrogens with zero attached hydrogens (tertiary/aromatic N) is 8. The summed E-state index contributed by atoms with van der Waals surface area (Å²) in [5, 5.41) is 8.40. The third-order valence-electron chi connectivity index (χ3n) is 9.61. The van der Waals surface area contributed by atoms with E-state index in [1.807, 2.05) is 64.8 Å². The molecule has 0 bridgehead atoms. The number of hydrogen-bond acceptors (Lipinski definition) is 8. The summed E-state index contributed by atoms with van der Waals surface area (Å²) >= 11 is 0. The van der Waals surface area contributed by atoms with Crippen molar-refractivity contribution in [1.82, 2.24) is 34.6 Å². The number of hydrogen-bond donors (Lipinski definition) is 1. The lowest BCUT2D eigenvalue weighted by molar-refractivity contribution is -0.127. The number of aryl methyl sites for hydroxylation is 2. The Kier molecular flexibility index (Phi) is 7.33. The van der Waals surface area contributed by atoms with Gasteiger partial charge in [0.15, 0.2) is 11.5 Å². The number of carbonyl (C=O) groups excluding carboxylic acids is 1. The average molecular weight is 636 g/mol. The first-order chi connectivity index (χ1) is 22.5. The quantitative estimate of drug-likeness (QED) is 0.274. The van der Waals surface area contributed by atoms with Crippen molar-refractivity contribution in [3.63, 3.8) is 0 Å². The van der Waals surface area contributed by atoms with Crippen LogP contribution in [0.15, 0.2) is 48.0 Å². The van der Waals surface area contributed by atoms with Gasteiger partial charge in [-0.05, 0) is 62.4 Å². The highest BCUT2D eigenvalue weighted by Gasteiger charge is 2.39. The molecule has 6 heterocycles. The number of carbonyl (C=O) groups is 1. The summed E-state index contributed by atoms with van der Waals surface area (Å²) in [6.07, 6.45) is 5.36. The standard InChI is InChI=1S/C35H38FN9O2/c1-8-25(46)43-16-21(6)44-22(17-43)12-14-42(7)32-27-33(39-30(28(32)36)26-19(4)9-10-24-23(26)15-38-41-24)45(35(47)40-34(27)44)31-20(5)11-13-37-29(31)18(2)3/h8-11,13,15,18,21-22H,1,12,14,16-17H2,2-7H3,(H,38,41). The Labute approximate surface area is 271 Å². The van der Waals surface area contributed by atoms with Crippen LogP contribution in [0.5, 0.6) is 0 Å². The first-order valence-corrected chi connectivity index (χ1v) is 16.0. The van der Waals surface area contributed by atoms with Crippen LogP contribution in [0.1, 0.15) is 49.9 Å². The number of halogens is 1. The maximum absolute atomic E-state index is 17.4. The van der Waals surface area contributed by atoms with Crippen LogP contribution in [0.4, 0.5) is 15.9 Å². The van der Waals surface area contributed by atoms with Crippen LogP contribution in [-0.4, -0.2) is 79.3 Å². The monoisotopic (exact) mass is 635 g/mol. The molecule has 1 N–H and O–H groups in total. The van der Waals surface area contributed by atoms with Gasteiger partial charge in [-0.15, -0.1) is 0 Å². The molecule has 2 atom stereocenters. The van der Waals surface area contributed by atoms with E-state index in [0.29, 0.717) is 65.5 Å². The Morgan fingerprint density at radius 3 is 2.66 bits per heavy atom. The lowest BCUT2D eigenvalue weighted by Crippen LogP contribution is -2.60. The van der Waals surface area contributed by atoms with Crippen LogP contribution in [0, 0.1) is 19.7 Å². The van der Waals surface area contributed by atoms with Crippen LogP contribution in [0.2, 0.25) is 0 Å². The number of H-pyrrole nitrogens is 1. The summed E-state index contributed by atoms with van der Waals surface area (Å²) in [4.78, 5) is 47.5. The third kappa shape index (κ3) is 4.68. The second kappa shape index (κ2) is 11.3. The summed E-state index contributed by atoms with van der Waals surface area (Å²) in [7, 11) is 1.86. The Balaban J connectivity index is 1.63. The number of pyridine rings is 2. The number of aromatic nitrogens is 6. The number of amides is 1. The van der Waals surface area contributed by atoms with Gasteiger partial charge in [-0.25, -0.2) is 18.7 Å². The number of rotatable bonds is 4. The molecule has 0 radical (unpaired) electrons. The Bertz CT molecular complexity index is 2150. The summed E-state index contributed by atoms with van der Waals surface area (Å²) < 4.78 is 18.9. The van der Waals surface area contributed by atoms with Crippen LogP contribution in [0.25, 0.3) is 38.9 Å². The van der Waals surface area contributed by atoms with Crippen molar-refractivity contribution in [2.75, 3.05) is 36.5 Å². The topological polar surface area (TPSA) is 116 Å². The van der Waals surface area contributed by atoms with E-state index in [2.05, 4.69) is 26.7 Å². The highest BCUT2D eigenvalue weighted by molar-refractivity contribution is 6.04. The fourth-order valence-electron chi connectivity index (χ4n) is 7.39. The minimum Gasteiger partial charge on any atom is -0.371 e. The Morgan fingerprint density at radius 2 is 1.91 bits per heavy atom. The smallest absolute Gasteiger partial charge is 0.355 e. The van der Waals surface area contributed by atoms with E-state index in [-0.39, 0.29) is 29.6 Å². The fraction of sp³-hybridized carbons (Fsp3) is 0.371. The van der Waals surface area contributed by atoms with Gasteiger partial charge in [-0.1, -0.05) is 26.5 Å². The molecule has 0 aliphatic carbocycles. The zero-order valence-corrected chi connectivity index (χ0v) is 27.5. The zero-order chi connectivity index (χ0) is 33.3. The lowest BCUT2D eigenvalue weighted by Gasteiger charge is -2.48. The first-order valence-electron chi connectivity index (χ1n) is 16.0. The first kappa shape index (κ1) is 30.5. The van der Waals surface area contributed by atoms with Gasteiger partial charge >= 0.3 is 5.69 Å². The molecular formula is C35H38FN9O2. The van der Waals surface area contributed by atoms with Gasteiger partial charge in [-0.2, -0.15) is 10.1 Å². The van der Waals surface area contributed by atoms with Gasteiger partial charge in [0.25, 0.3) is 0 Å². The van der Waals surface area contributed by atoms with Crippen LogP contribution in [-0.2, 0) is 4.79 Å². The minimum absolute atomic E-state index is 0.0192.